The van der Waals surface area contributed by atoms with Crippen molar-refractivity contribution in [1.29, 1.82) is 0 Å². The fourth-order valence-corrected chi connectivity index (χ4v) is 5.67. The van der Waals surface area contributed by atoms with E-state index in [1.54, 1.807) is 0 Å². The number of imidazole rings is 1. The lowest BCUT2D eigenvalue weighted by Crippen LogP contribution is -2.36. The summed E-state index contributed by atoms with van der Waals surface area (Å²) in [6, 6.07) is 12.7. The molecule has 0 bridgehead atoms. The molecule has 2 aromatic carbocycles. The molecule has 3 aromatic rings. The number of halogens is 1. The van der Waals surface area contributed by atoms with Gasteiger partial charge in [-0.25, -0.2) is 9.37 Å². The highest BCUT2D eigenvalue weighted by Gasteiger charge is 2.36. The lowest BCUT2D eigenvalue weighted by atomic mass is 9.93. The number of ether oxygens (including phenoxy) is 1. The zero-order valence-corrected chi connectivity index (χ0v) is 18.9. The Kier molecular flexibility index (Phi) is 5.39. The summed E-state index contributed by atoms with van der Waals surface area (Å²) >= 11 is 0. The average Bonchev–Trinajstić information content (AvgIpc) is 3.57. The average molecular weight is 453 g/mol. The van der Waals surface area contributed by atoms with Gasteiger partial charge in [-0.1, -0.05) is 24.6 Å². The van der Waals surface area contributed by atoms with Crippen LogP contribution in [0.25, 0.3) is 11.0 Å². The van der Waals surface area contributed by atoms with Crippen molar-refractivity contribution in [1.82, 2.24) is 14.9 Å². The number of nitrogens with zero attached hydrogens (tertiary/aromatic N) is 3. The van der Waals surface area contributed by atoms with Crippen LogP contribution in [0.3, 0.4) is 0 Å². The summed E-state index contributed by atoms with van der Waals surface area (Å²) in [6.07, 6.45) is 9.28. The number of anilines is 1. The highest BCUT2D eigenvalue weighted by Crippen LogP contribution is 2.43. The van der Waals surface area contributed by atoms with Gasteiger partial charge in [0.1, 0.15) is 0 Å². The van der Waals surface area contributed by atoms with Crippen LogP contribution in [0.4, 0.5) is 10.1 Å². The Morgan fingerprint density at radius 3 is 2.91 bits per heavy atom. The molecule has 0 spiro atoms. The second-order valence-electron chi connectivity index (χ2n) is 8.37. The van der Waals surface area contributed by atoms with Gasteiger partial charge in [0.25, 0.3) is 0 Å². The van der Waals surface area contributed by atoms with Crippen molar-refractivity contribution >= 4 is 27.5 Å². The van der Waals surface area contributed by atoms with Crippen LogP contribution in [0.15, 0.2) is 35.5 Å². The summed E-state index contributed by atoms with van der Waals surface area (Å²) in [4.78, 5) is 11.8. The maximum absolute atomic E-state index is 14.0. The molecule has 166 valence electrons. The minimum atomic E-state index is -1.45. The molecule has 1 aliphatic carbocycles. The van der Waals surface area contributed by atoms with E-state index in [2.05, 4.69) is 34.0 Å². The number of H-pyrrole nitrogens is 1. The Bertz CT molecular complexity index is 1250. The topological polar surface area (TPSA) is 61.5 Å². The third-order valence-corrected chi connectivity index (χ3v) is 7.61. The van der Waals surface area contributed by atoms with Crippen LogP contribution < -0.4 is 9.64 Å². The van der Waals surface area contributed by atoms with Gasteiger partial charge in [-0.3, -0.25) is 9.11 Å². The van der Waals surface area contributed by atoms with Gasteiger partial charge in [-0.05, 0) is 37.4 Å². The van der Waals surface area contributed by atoms with Crippen LogP contribution in [-0.4, -0.2) is 45.8 Å². The first kappa shape index (κ1) is 21.0. The molecular formula is C24H25FN4O2S. The van der Waals surface area contributed by atoms with E-state index in [4.69, 9.17) is 11.2 Å². The SMILES string of the molecule is C#CN1CCC(N(C)C2CC2)c2cccc(CS(=O)c3nc4cc(OC)c(F)cc4[nH]3)c21. The lowest BCUT2D eigenvalue weighted by Gasteiger charge is -2.38. The van der Waals surface area contributed by atoms with Crippen molar-refractivity contribution in [2.24, 2.45) is 0 Å². The van der Waals surface area contributed by atoms with Gasteiger partial charge in [0.2, 0.25) is 0 Å². The molecule has 6 nitrogen and oxygen atoms in total. The largest absolute Gasteiger partial charge is 0.494 e. The van der Waals surface area contributed by atoms with Gasteiger partial charge in [0.05, 0.1) is 40.4 Å². The van der Waals surface area contributed by atoms with Crippen LogP contribution >= 0.6 is 0 Å². The summed E-state index contributed by atoms with van der Waals surface area (Å²) in [5, 5.41) is 0.306. The maximum atomic E-state index is 14.0. The van der Waals surface area contributed by atoms with Gasteiger partial charge >= 0.3 is 0 Å². The molecule has 1 N–H and O–H groups in total. The summed E-state index contributed by atoms with van der Waals surface area (Å²) in [7, 11) is 2.13. The van der Waals surface area contributed by atoms with E-state index >= 15 is 0 Å². The standard InChI is InChI=1S/C24H25FN4O2S/c1-4-29-11-10-21(28(2)16-8-9-16)17-7-5-6-15(23(17)29)14-32(30)24-26-19-12-18(25)22(31-3)13-20(19)27-24/h1,5-7,12-13,16,21H,8-11,14H2,2-3H3,(H,26,27). The molecule has 2 heterocycles. The minimum Gasteiger partial charge on any atom is -0.494 e. The number of fused-ring (bicyclic) bond motifs is 2. The van der Waals surface area contributed by atoms with Gasteiger partial charge in [-0.2, -0.15) is 0 Å². The van der Waals surface area contributed by atoms with Crippen LogP contribution in [-0.2, 0) is 16.6 Å². The molecule has 2 atom stereocenters. The zero-order chi connectivity index (χ0) is 22.4. The van der Waals surface area contributed by atoms with Crippen LogP contribution in [0.5, 0.6) is 5.75 Å². The van der Waals surface area contributed by atoms with Gasteiger partial charge in [0.15, 0.2) is 16.7 Å². The molecule has 0 saturated heterocycles. The van der Waals surface area contributed by atoms with Crippen molar-refractivity contribution in [3.63, 3.8) is 0 Å². The Balaban J connectivity index is 1.48. The smallest absolute Gasteiger partial charge is 0.197 e. The number of methoxy groups -OCH3 is 1. The molecule has 1 saturated carbocycles. The molecular weight excluding hydrogens is 427 g/mol. The predicted octanol–water partition coefficient (Wildman–Crippen LogP) is 3.95. The third-order valence-electron chi connectivity index (χ3n) is 6.41. The summed E-state index contributed by atoms with van der Waals surface area (Å²) in [5.74, 6) is -0.122. The molecule has 1 fully saturated rings. The van der Waals surface area contributed by atoms with E-state index in [0.717, 1.165) is 24.2 Å². The van der Waals surface area contributed by atoms with E-state index < -0.39 is 16.6 Å². The number of terminal acetylenes is 1. The molecule has 2 aliphatic rings. The number of benzene rings is 2. The van der Waals surface area contributed by atoms with E-state index in [0.29, 0.717) is 28.3 Å². The van der Waals surface area contributed by atoms with Crippen molar-refractivity contribution in [2.45, 2.75) is 42.3 Å². The molecule has 5 rings (SSSR count). The molecule has 0 amide bonds. The number of hydrogen-bond acceptors (Lipinski definition) is 5. The zero-order valence-electron chi connectivity index (χ0n) is 18.1. The number of aromatic nitrogens is 2. The van der Waals surface area contributed by atoms with Gasteiger partial charge in [-0.15, -0.1) is 0 Å². The Labute approximate surface area is 189 Å². The van der Waals surface area contributed by atoms with Crippen molar-refractivity contribution in [3.05, 3.63) is 47.3 Å². The lowest BCUT2D eigenvalue weighted by molar-refractivity contribution is 0.221. The predicted molar refractivity (Wildman–Crippen MR) is 123 cm³/mol. The molecule has 1 aromatic heterocycles. The number of rotatable bonds is 6. The quantitative estimate of drug-likeness (QED) is 0.574. The Morgan fingerprint density at radius 1 is 1.38 bits per heavy atom. The number of para-hydroxylation sites is 1. The molecule has 2 unspecified atom stereocenters. The van der Waals surface area contributed by atoms with Crippen molar-refractivity contribution < 1.29 is 13.3 Å². The van der Waals surface area contributed by atoms with E-state index in [1.807, 2.05) is 17.0 Å². The number of aromatic amines is 1. The van der Waals surface area contributed by atoms with E-state index in [1.165, 1.54) is 37.6 Å². The van der Waals surface area contributed by atoms with Crippen LogP contribution in [0.1, 0.15) is 36.4 Å². The fraction of sp³-hybridized carbons (Fsp3) is 0.375. The fourth-order valence-electron chi connectivity index (χ4n) is 4.59. The third kappa shape index (κ3) is 3.65. The van der Waals surface area contributed by atoms with Crippen LogP contribution in [0, 0.1) is 18.3 Å². The molecule has 8 heteroatoms. The first-order chi connectivity index (χ1) is 15.5. The first-order valence-electron chi connectivity index (χ1n) is 10.7. The normalized spacial score (nSPS) is 19.1. The second kappa shape index (κ2) is 8.23. The Morgan fingerprint density at radius 2 is 2.19 bits per heavy atom. The van der Waals surface area contributed by atoms with E-state index in [-0.39, 0.29) is 11.5 Å². The first-order valence-corrected chi connectivity index (χ1v) is 12.0. The van der Waals surface area contributed by atoms with Crippen LogP contribution in [0.2, 0.25) is 0 Å². The number of nitrogens with one attached hydrogen (secondary N) is 1. The van der Waals surface area contributed by atoms with Crippen molar-refractivity contribution in [3.8, 4) is 18.2 Å². The highest BCUT2D eigenvalue weighted by molar-refractivity contribution is 7.84. The number of hydrogen-bond donors (Lipinski definition) is 1. The van der Waals surface area contributed by atoms with E-state index in [9.17, 15) is 8.60 Å². The molecule has 1 aliphatic heterocycles. The molecule has 0 radical (unpaired) electrons. The highest BCUT2D eigenvalue weighted by atomic mass is 32.2. The Hall–Kier alpha value is -2.89. The maximum Gasteiger partial charge on any atom is 0.197 e. The van der Waals surface area contributed by atoms with Crippen molar-refractivity contribution in [2.75, 3.05) is 25.6 Å². The molecule has 32 heavy (non-hydrogen) atoms. The van der Waals surface area contributed by atoms with Gasteiger partial charge in [0, 0.05) is 36.8 Å². The summed E-state index contributed by atoms with van der Waals surface area (Å²) < 4.78 is 32.3. The van der Waals surface area contributed by atoms with Gasteiger partial charge < -0.3 is 14.6 Å². The monoisotopic (exact) mass is 452 g/mol. The summed E-state index contributed by atoms with van der Waals surface area (Å²) in [5.41, 5.74) is 4.10. The minimum absolute atomic E-state index is 0.106. The summed E-state index contributed by atoms with van der Waals surface area (Å²) in [6.45, 7) is 0.762. The second-order valence-corrected chi connectivity index (χ2v) is 9.74.